The van der Waals surface area contributed by atoms with Gasteiger partial charge in [-0.3, -0.25) is 4.79 Å². The second kappa shape index (κ2) is 4.69. The number of imidazole rings is 1. The summed E-state index contributed by atoms with van der Waals surface area (Å²) in [4.78, 5) is 15.9. The topological polar surface area (TPSA) is 56.1 Å². The van der Waals surface area contributed by atoms with Gasteiger partial charge in [0.2, 0.25) is 0 Å². The number of hydrogen-bond acceptors (Lipinski definition) is 3. The maximum atomic E-state index is 11.9. The number of ether oxygens (including phenoxy) is 1. The maximum absolute atomic E-state index is 11.9. The van der Waals surface area contributed by atoms with Crippen molar-refractivity contribution in [1.29, 1.82) is 0 Å². The summed E-state index contributed by atoms with van der Waals surface area (Å²) in [5.41, 5.74) is 0.628. The Morgan fingerprint density at radius 2 is 2.18 bits per heavy atom. The molecule has 2 aromatic rings. The molecular weight excluding hydrogens is 218 g/mol. The lowest BCUT2D eigenvalue weighted by Gasteiger charge is -2.09. The Balaban J connectivity index is 2.22. The molecule has 0 saturated heterocycles. The number of hydrogen-bond donors (Lipinski definition) is 1. The van der Waals surface area contributed by atoms with Crippen LogP contribution in [0.4, 0.5) is 5.69 Å². The Labute approximate surface area is 99.0 Å². The third kappa shape index (κ3) is 2.28. The molecular formula is C12H13N3O2. The third-order valence-electron chi connectivity index (χ3n) is 2.38. The van der Waals surface area contributed by atoms with Crippen molar-refractivity contribution in [3.05, 3.63) is 42.5 Å². The van der Waals surface area contributed by atoms with Gasteiger partial charge in [-0.05, 0) is 12.1 Å². The number of anilines is 1. The number of benzene rings is 1. The normalized spacial score (nSPS) is 10.0. The van der Waals surface area contributed by atoms with E-state index in [1.165, 1.54) is 0 Å². The minimum atomic E-state index is -0.262. The number of para-hydroxylation sites is 2. The van der Waals surface area contributed by atoms with Gasteiger partial charge < -0.3 is 14.6 Å². The summed E-state index contributed by atoms with van der Waals surface area (Å²) < 4.78 is 6.81. The number of carbonyl (C=O) groups excluding carboxylic acids is 1. The highest BCUT2D eigenvalue weighted by Gasteiger charge is 2.12. The lowest BCUT2D eigenvalue weighted by molar-refractivity contribution is 0.101. The summed E-state index contributed by atoms with van der Waals surface area (Å²) in [5, 5.41) is 2.76. The molecule has 5 nitrogen and oxygen atoms in total. The van der Waals surface area contributed by atoms with Crippen molar-refractivity contribution >= 4 is 11.6 Å². The monoisotopic (exact) mass is 231 g/mol. The van der Waals surface area contributed by atoms with Gasteiger partial charge in [-0.1, -0.05) is 12.1 Å². The lowest BCUT2D eigenvalue weighted by atomic mass is 10.3. The molecule has 1 amide bonds. The van der Waals surface area contributed by atoms with Crippen molar-refractivity contribution in [3.63, 3.8) is 0 Å². The first kappa shape index (κ1) is 11.2. The quantitative estimate of drug-likeness (QED) is 0.874. The molecule has 2 rings (SSSR count). The van der Waals surface area contributed by atoms with Gasteiger partial charge in [-0.15, -0.1) is 0 Å². The van der Waals surface area contributed by atoms with Crippen LogP contribution in [0.25, 0.3) is 0 Å². The van der Waals surface area contributed by atoms with Gasteiger partial charge in [0.15, 0.2) is 5.82 Å². The molecule has 88 valence electrons. The number of rotatable bonds is 3. The molecule has 0 atom stereocenters. The molecule has 0 aliphatic rings. The summed E-state index contributed by atoms with van der Waals surface area (Å²) >= 11 is 0. The van der Waals surface area contributed by atoms with E-state index in [0.717, 1.165) is 0 Å². The summed E-state index contributed by atoms with van der Waals surface area (Å²) in [6.07, 6.45) is 3.30. The highest BCUT2D eigenvalue weighted by Crippen LogP contribution is 2.23. The molecule has 1 aromatic carbocycles. The van der Waals surface area contributed by atoms with Crippen molar-refractivity contribution < 1.29 is 9.53 Å². The number of nitrogens with zero attached hydrogens (tertiary/aromatic N) is 2. The summed E-state index contributed by atoms with van der Waals surface area (Å²) in [6, 6.07) is 7.24. The van der Waals surface area contributed by atoms with E-state index >= 15 is 0 Å². The van der Waals surface area contributed by atoms with Gasteiger partial charge in [-0.25, -0.2) is 4.98 Å². The SMILES string of the molecule is COc1ccccc1NC(=O)c1nccn1C. The molecule has 0 bridgehead atoms. The van der Waals surface area contributed by atoms with Gasteiger partial charge in [0, 0.05) is 19.4 Å². The van der Waals surface area contributed by atoms with Gasteiger partial charge in [-0.2, -0.15) is 0 Å². The number of aromatic nitrogens is 2. The van der Waals surface area contributed by atoms with Crippen LogP contribution < -0.4 is 10.1 Å². The highest BCUT2D eigenvalue weighted by molar-refractivity contribution is 6.02. The Kier molecular flexibility index (Phi) is 3.09. The van der Waals surface area contributed by atoms with Gasteiger partial charge in [0.05, 0.1) is 12.8 Å². The van der Waals surface area contributed by atoms with Crippen molar-refractivity contribution in [2.75, 3.05) is 12.4 Å². The Morgan fingerprint density at radius 3 is 2.82 bits per heavy atom. The van der Waals surface area contributed by atoms with Crippen LogP contribution in [0.5, 0.6) is 5.75 Å². The van der Waals surface area contributed by atoms with Gasteiger partial charge in [0.1, 0.15) is 5.75 Å². The molecule has 0 spiro atoms. The number of methoxy groups -OCH3 is 1. The minimum absolute atomic E-state index is 0.262. The van der Waals surface area contributed by atoms with E-state index in [9.17, 15) is 4.79 Å². The molecule has 0 aliphatic carbocycles. The van der Waals surface area contributed by atoms with E-state index in [1.807, 2.05) is 12.1 Å². The zero-order chi connectivity index (χ0) is 12.3. The zero-order valence-corrected chi connectivity index (χ0v) is 9.68. The average Bonchev–Trinajstić information content (AvgIpc) is 2.76. The second-order valence-electron chi connectivity index (χ2n) is 3.52. The van der Waals surface area contributed by atoms with E-state index in [-0.39, 0.29) is 5.91 Å². The van der Waals surface area contributed by atoms with E-state index in [2.05, 4.69) is 10.3 Å². The molecule has 1 N–H and O–H groups in total. The highest BCUT2D eigenvalue weighted by atomic mass is 16.5. The van der Waals surface area contributed by atoms with E-state index in [0.29, 0.717) is 17.3 Å². The van der Waals surface area contributed by atoms with E-state index in [4.69, 9.17) is 4.74 Å². The van der Waals surface area contributed by atoms with E-state index < -0.39 is 0 Å². The second-order valence-corrected chi connectivity index (χ2v) is 3.52. The Morgan fingerprint density at radius 1 is 1.41 bits per heavy atom. The molecule has 0 aliphatic heterocycles. The van der Waals surface area contributed by atoms with E-state index in [1.54, 1.807) is 43.3 Å². The van der Waals surface area contributed by atoms with Crippen molar-refractivity contribution in [2.24, 2.45) is 7.05 Å². The summed E-state index contributed by atoms with van der Waals surface area (Å²) in [6.45, 7) is 0. The van der Waals surface area contributed by atoms with Gasteiger partial charge >= 0.3 is 0 Å². The van der Waals surface area contributed by atoms with Crippen LogP contribution in [-0.2, 0) is 7.05 Å². The van der Waals surface area contributed by atoms with Crippen LogP contribution in [0.15, 0.2) is 36.7 Å². The fourth-order valence-corrected chi connectivity index (χ4v) is 1.51. The van der Waals surface area contributed by atoms with Crippen LogP contribution in [0.3, 0.4) is 0 Å². The zero-order valence-electron chi connectivity index (χ0n) is 9.68. The molecule has 17 heavy (non-hydrogen) atoms. The minimum Gasteiger partial charge on any atom is -0.495 e. The molecule has 0 unspecified atom stereocenters. The van der Waals surface area contributed by atoms with Crippen LogP contribution in [0.1, 0.15) is 10.6 Å². The molecule has 0 saturated carbocycles. The predicted molar refractivity (Wildman–Crippen MR) is 64.2 cm³/mol. The number of aryl methyl sites for hydroxylation is 1. The van der Waals surface area contributed by atoms with Crippen molar-refractivity contribution in [3.8, 4) is 5.75 Å². The number of nitrogens with one attached hydrogen (secondary N) is 1. The molecule has 0 radical (unpaired) electrons. The molecule has 5 heteroatoms. The van der Waals surface area contributed by atoms with Crippen LogP contribution in [0.2, 0.25) is 0 Å². The lowest BCUT2D eigenvalue weighted by Crippen LogP contribution is -2.17. The Bertz CT molecular complexity index is 534. The fourth-order valence-electron chi connectivity index (χ4n) is 1.51. The van der Waals surface area contributed by atoms with Crippen LogP contribution in [0, 0.1) is 0 Å². The largest absolute Gasteiger partial charge is 0.495 e. The smallest absolute Gasteiger partial charge is 0.291 e. The summed E-state index contributed by atoms with van der Waals surface area (Å²) in [7, 11) is 3.33. The van der Waals surface area contributed by atoms with Crippen molar-refractivity contribution in [2.45, 2.75) is 0 Å². The maximum Gasteiger partial charge on any atom is 0.291 e. The first-order valence-corrected chi connectivity index (χ1v) is 5.14. The number of amides is 1. The number of carbonyl (C=O) groups is 1. The third-order valence-corrected chi connectivity index (χ3v) is 2.38. The molecule has 1 heterocycles. The summed E-state index contributed by atoms with van der Waals surface area (Å²) in [5.74, 6) is 0.716. The van der Waals surface area contributed by atoms with Crippen LogP contribution in [-0.4, -0.2) is 22.6 Å². The average molecular weight is 231 g/mol. The molecule has 1 aromatic heterocycles. The fraction of sp³-hybridized carbons (Fsp3) is 0.167. The van der Waals surface area contributed by atoms with Gasteiger partial charge in [0.25, 0.3) is 5.91 Å². The standard InChI is InChI=1S/C12H13N3O2/c1-15-8-7-13-11(15)12(16)14-9-5-3-4-6-10(9)17-2/h3-8H,1-2H3,(H,14,16). The predicted octanol–water partition coefficient (Wildman–Crippen LogP) is 1.68. The first-order chi connectivity index (χ1) is 8.22. The van der Waals surface area contributed by atoms with Crippen molar-refractivity contribution in [1.82, 2.24) is 9.55 Å². The molecule has 0 fully saturated rings. The van der Waals surface area contributed by atoms with Crippen LogP contribution >= 0.6 is 0 Å². The Hall–Kier alpha value is -2.30. The first-order valence-electron chi connectivity index (χ1n) is 5.14.